The van der Waals surface area contributed by atoms with Crippen molar-refractivity contribution in [3.63, 3.8) is 0 Å². The highest BCUT2D eigenvalue weighted by atomic mass is 16.5. The highest BCUT2D eigenvalue weighted by Crippen LogP contribution is 2.40. The molecule has 112 valence electrons. The zero-order chi connectivity index (χ0) is 13.9. The lowest BCUT2D eigenvalue weighted by atomic mass is 9.92. The Hall–Kier alpha value is -0.160. The molecule has 0 bridgehead atoms. The second kappa shape index (κ2) is 6.53. The number of ether oxygens (including phenoxy) is 1. The summed E-state index contributed by atoms with van der Waals surface area (Å²) in [5.41, 5.74) is -0.0905. The molecule has 3 atom stereocenters. The number of nitrogens with one attached hydrogen (secondary N) is 1. The first-order chi connectivity index (χ1) is 9.09. The molecule has 2 fully saturated rings. The third kappa shape index (κ3) is 3.91. The minimum absolute atomic E-state index is 0.0905. The Morgan fingerprint density at radius 2 is 1.89 bits per heavy atom. The summed E-state index contributed by atoms with van der Waals surface area (Å²) in [6, 6.07) is 0. The first kappa shape index (κ1) is 15.2. The van der Waals surface area contributed by atoms with E-state index in [1.54, 1.807) is 0 Å². The fraction of sp³-hybridized carbons (Fsp3) is 1.00. The maximum atomic E-state index is 9.96. The summed E-state index contributed by atoms with van der Waals surface area (Å²) in [4.78, 5) is 2.47. The Labute approximate surface area is 117 Å². The summed E-state index contributed by atoms with van der Waals surface area (Å²) in [5, 5.41) is 13.6. The molecule has 2 N–H and O–H groups in total. The fourth-order valence-corrected chi connectivity index (χ4v) is 3.39. The first-order valence-corrected chi connectivity index (χ1v) is 7.83. The van der Waals surface area contributed by atoms with Crippen molar-refractivity contribution in [3.8, 4) is 0 Å². The van der Waals surface area contributed by atoms with Crippen molar-refractivity contribution in [2.45, 2.75) is 57.8 Å². The number of rotatable bonds is 7. The third-order valence-corrected chi connectivity index (χ3v) is 4.37. The van der Waals surface area contributed by atoms with Gasteiger partial charge in [-0.15, -0.1) is 0 Å². The molecule has 2 aliphatic rings. The molecule has 0 aromatic heterocycles. The Bertz CT molecular complexity index is 273. The van der Waals surface area contributed by atoms with Crippen molar-refractivity contribution in [3.05, 3.63) is 0 Å². The maximum absolute atomic E-state index is 9.96. The number of hydrogen-bond acceptors (Lipinski definition) is 4. The van der Waals surface area contributed by atoms with Gasteiger partial charge in [0.05, 0.1) is 24.4 Å². The van der Waals surface area contributed by atoms with E-state index in [1.807, 2.05) is 0 Å². The van der Waals surface area contributed by atoms with Gasteiger partial charge in [0.1, 0.15) is 0 Å². The number of hydrogen-bond donors (Lipinski definition) is 2. The number of nitrogens with zero attached hydrogens (tertiary/aromatic N) is 1. The van der Waals surface area contributed by atoms with Crippen LogP contribution in [0.2, 0.25) is 0 Å². The van der Waals surface area contributed by atoms with Gasteiger partial charge in [0.15, 0.2) is 0 Å². The average Bonchev–Trinajstić information content (AvgIpc) is 3.18. The topological polar surface area (TPSA) is 44.7 Å². The van der Waals surface area contributed by atoms with Crippen molar-refractivity contribution in [2.24, 2.45) is 5.92 Å². The van der Waals surface area contributed by atoms with Crippen LogP contribution in [0.25, 0.3) is 0 Å². The van der Waals surface area contributed by atoms with Crippen LogP contribution in [0.3, 0.4) is 0 Å². The smallest absolute Gasteiger partial charge is 0.0678 e. The molecule has 0 aromatic carbocycles. The summed E-state index contributed by atoms with van der Waals surface area (Å²) in [6.45, 7) is 10.6. The van der Waals surface area contributed by atoms with E-state index in [0.29, 0.717) is 18.1 Å². The van der Waals surface area contributed by atoms with Gasteiger partial charge >= 0.3 is 0 Å². The van der Waals surface area contributed by atoms with Crippen LogP contribution in [-0.2, 0) is 4.74 Å². The Morgan fingerprint density at radius 1 is 1.26 bits per heavy atom. The van der Waals surface area contributed by atoms with Crippen LogP contribution in [-0.4, -0.2) is 60.5 Å². The molecule has 4 nitrogen and oxygen atoms in total. The van der Waals surface area contributed by atoms with Crippen LogP contribution in [0.15, 0.2) is 0 Å². The van der Waals surface area contributed by atoms with E-state index >= 15 is 0 Å². The Balaban J connectivity index is 1.98. The van der Waals surface area contributed by atoms with Crippen molar-refractivity contribution >= 4 is 0 Å². The van der Waals surface area contributed by atoms with Gasteiger partial charge in [-0.05, 0) is 45.6 Å². The summed E-state index contributed by atoms with van der Waals surface area (Å²) in [7, 11) is 0. The molecule has 1 aliphatic carbocycles. The predicted molar refractivity (Wildman–Crippen MR) is 77.3 cm³/mol. The third-order valence-electron chi connectivity index (χ3n) is 4.37. The number of aliphatic hydroxyl groups excluding tert-OH is 1. The van der Waals surface area contributed by atoms with E-state index in [0.717, 1.165) is 32.6 Å². The van der Waals surface area contributed by atoms with Gasteiger partial charge in [0.25, 0.3) is 0 Å². The molecule has 0 aromatic rings. The number of morpholine rings is 1. The molecule has 4 heteroatoms. The van der Waals surface area contributed by atoms with E-state index < -0.39 is 0 Å². The van der Waals surface area contributed by atoms with Gasteiger partial charge < -0.3 is 15.2 Å². The van der Waals surface area contributed by atoms with Crippen LogP contribution in [0.4, 0.5) is 0 Å². The molecule has 0 amide bonds. The monoisotopic (exact) mass is 270 g/mol. The van der Waals surface area contributed by atoms with Gasteiger partial charge in [-0.1, -0.05) is 6.92 Å². The molecule has 0 radical (unpaired) electrons. The van der Waals surface area contributed by atoms with Crippen molar-refractivity contribution in [2.75, 3.05) is 32.8 Å². The second-order valence-electron chi connectivity index (χ2n) is 6.47. The van der Waals surface area contributed by atoms with Crippen LogP contribution in [0.5, 0.6) is 0 Å². The van der Waals surface area contributed by atoms with E-state index in [9.17, 15) is 5.11 Å². The maximum Gasteiger partial charge on any atom is 0.0678 e. The van der Waals surface area contributed by atoms with Crippen molar-refractivity contribution in [1.82, 2.24) is 10.2 Å². The van der Waals surface area contributed by atoms with Gasteiger partial charge in [-0.2, -0.15) is 0 Å². The number of aliphatic hydroxyl groups is 1. The van der Waals surface area contributed by atoms with E-state index in [1.165, 1.54) is 12.8 Å². The standard InChI is InChI=1S/C15H30N2O2/c1-4-7-16-15(11-18,14-5-6-14)10-17-8-12(2)19-13(3)9-17/h12-14,16,18H,4-11H2,1-3H3. The molecule has 0 spiro atoms. The van der Waals surface area contributed by atoms with Gasteiger partial charge in [0, 0.05) is 19.6 Å². The van der Waals surface area contributed by atoms with Crippen LogP contribution in [0, 0.1) is 5.92 Å². The Kier molecular flexibility index (Phi) is 5.23. The lowest BCUT2D eigenvalue weighted by Crippen LogP contribution is -2.60. The molecule has 1 saturated carbocycles. The summed E-state index contributed by atoms with van der Waals surface area (Å²) < 4.78 is 5.80. The lowest BCUT2D eigenvalue weighted by Gasteiger charge is -2.42. The second-order valence-corrected chi connectivity index (χ2v) is 6.47. The molecule has 3 unspecified atom stereocenters. The van der Waals surface area contributed by atoms with Crippen LogP contribution >= 0.6 is 0 Å². The molecule has 19 heavy (non-hydrogen) atoms. The SMILES string of the molecule is CCCNC(CO)(CN1CC(C)OC(C)C1)C1CC1. The normalized spacial score (nSPS) is 32.2. The van der Waals surface area contributed by atoms with Crippen molar-refractivity contribution < 1.29 is 9.84 Å². The molecular formula is C15H30N2O2. The quantitative estimate of drug-likeness (QED) is 0.730. The zero-order valence-corrected chi connectivity index (χ0v) is 12.7. The summed E-state index contributed by atoms with van der Waals surface area (Å²) >= 11 is 0. The molecule has 1 heterocycles. The van der Waals surface area contributed by atoms with Crippen molar-refractivity contribution in [1.29, 1.82) is 0 Å². The van der Waals surface area contributed by atoms with Gasteiger partial charge in [-0.3, -0.25) is 4.90 Å². The van der Waals surface area contributed by atoms with Gasteiger partial charge in [-0.25, -0.2) is 0 Å². The zero-order valence-electron chi connectivity index (χ0n) is 12.7. The van der Waals surface area contributed by atoms with E-state index in [-0.39, 0.29) is 12.1 Å². The minimum atomic E-state index is -0.0905. The predicted octanol–water partition coefficient (Wildman–Crippen LogP) is 1.24. The Morgan fingerprint density at radius 3 is 2.37 bits per heavy atom. The molecule has 2 rings (SSSR count). The molecule has 1 saturated heterocycles. The lowest BCUT2D eigenvalue weighted by molar-refractivity contribution is -0.0782. The fourth-order valence-electron chi connectivity index (χ4n) is 3.39. The molecule has 1 aliphatic heterocycles. The molecular weight excluding hydrogens is 240 g/mol. The highest BCUT2D eigenvalue weighted by Gasteiger charge is 2.45. The largest absolute Gasteiger partial charge is 0.394 e. The minimum Gasteiger partial charge on any atom is -0.394 e. The first-order valence-electron chi connectivity index (χ1n) is 7.83. The van der Waals surface area contributed by atoms with E-state index in [2.05, 4.69) is 31.0 Å². The summed E-state index contributed by atoms with van der Waals surface area (Å²) in [6.07, 6.45) is 4.22. The van der Waals surface area contributed by atoms with E-state index in [4.69, 9.17) is 4.74 Å². The van der Waals surface area contributed by atoms with Crippen LogP contribution < -0.4 is 5.32 Å². The van der Waals surface area contributed by atoms with Crippen LogP contribution in [0.1, 0.15) is 40.0 Å². The van der Waals surface area contributed by atoms with Gasteiger partial charge in [0.2, 0.25) is 0 Å². The highest BCUT2D eigenvalue weighted by molar-refractivity contribution is 5.03. The summed E-state index contributed by atoms with van der Waals surface area (Å²) in [5.74, 6) is 0.650. The average molecular weight is 270 g/mol.